The summed E-state index contributed by atoms with van der Waals surface area (Å²) in [6, 6.07) is 6.34. The summed E-state index contributed by atoms with van der Waals surface area (Å²) in [5.74, 6) is -2.20. The number of ether oxygens (including phenoxy) is 3. The summed E-state index contributed by atoms with van der Waals surface area (Å²) in [5.41, 5.74) is 1.08. The van der Waals surface area contributed by atoms with Gasteiger partial charge in [0, 0.05) is 43.7 Å². The molecule has 0 spiro atoms. The number of benzene rings is 1. The smallest absolute Gasteiger partial charge is 0.410 e. The second kappa shape index (κ2) is 9.50. The summed E-state index contributed by atoms with van der Waals surface area (Å²) in [6.45, 7) is 3.42. The first kappa shape index (κ1) is 24.5. The van der Waals surface area contributed by atoms with E-state index in [1.807, 2.05) is 6.92 Å². The first-order chi connectivity index (χ1) is 18.3. The molecule has 2 saturated heterocycles. The summed E-state index contributed by atoms with van der Waals surface area (Å²) in [4.78, 5) is 22.3. The monoisotopic (exact) mass is 526 g/mol. The molecule has 2 aliphatic heterocycles. The predicted octanol–water partition coefficient (Wildman–Crippen LogP) is 3.91. The van der Waals surface area contributed by atoms with E-state index in [1.165, 1.54) is 12.1 Å². The number of amides is 1. The Labute approximate surface area is 217 Å². The number of likely N-dealkylation sites (tertiary alicyclic amines) is 1. The third kappa shape index (κ3) is 4.75. The highest BCUT2D eigenvalue weighted by molar-refractivity contribution is 5.69. The summed E-state index contributed by atoms with van der Waals surface area (Å²) >= 11 is 0. The molecule has 1 N–H and O–H groups in total. The van der Waals surface area contributed by atoms with Crippen molar-refractivity contribution in [3.05, 3.63) is 48.4 Å². The Bertz CT molecular complexity index is 1350. The van der Waals surface area contributed by atoms with Gasteiger partial charge in [-0.15, -0.1) is 0 Å². The number of halogens is 2. The number of carbonyl (C=O) groups is 1. The number of hydrogen-bond donors (Lipinski definition) is 1. The number of anilines is 2. The molecule has 2 atom stereocenters. The van der Waals surface area contributed by atoms with Crippen molar-refractivity contribution in [3.8, 4) is 17.1 Å². The fourth-order valence-corrected chi connectivity index (χ4v) is 5.01. The van der Waals surface area contributed by atoms with E-state index in [1.54, 1.807) is 35.0 Å². The number of piperidine rings is 1. The molecule has 1 aliphatic carbocycles. The van der Waals surface area contributed by atoms with Crippen LogP contribution in [-0.2, 0) is 16.5 Å². The third-order valence-electron chi connectivity index (χ3n) is 7.39. The van der Waals surface area contributed by atoms with E-state index in [2.05, 4.69) is 20.4 Å². The molecule has 0 radical (unpaired) electrons. The van der Waals surface area contributed by atoms with E-state index in [0.29, 0.717) is 31.9 Å². The molecular formula is C26H28F2N6O4. The normalized spacial score (nSPS) is 23.6. The van der Waals surface area contributed by atoms with Gasteiger partial charge in [0.05, 0.1) is 24.6 Å². The van der Waals surface area contributed by atoms with Crippen LogP contribution in [0.25, 0.3) is 11.3 Å². The molecule has 3 aromatic rings. The topological polar surface area (TPSA) is 104 Å². The van der Waals surface area contributed by atoms with Gasteiger partial charge in [-0.05, 0) is 38.0 Å². The van der Waals surface area contributed by atoms with Gasteiger partial charge in [-0.2, -0.15) is 14.5 Å². The number of nitrogens with one attached hydrogen (secondary N) is 1. The summed E-state index contributed by atoms with van der Waals surface area (Å²) < 4.78 is 49.3. The van der Waals surface area contributed by atoms with Gasteiger partial charge in [0.25, 0.3) is 5.88 Å². The highest BCUT2D eigenvalue weighted by atomic mass is 19.1. The molecule has 2 bridgehead atoms. The minimum absolute atomic E-state index is 0.0564. The van der Waals surface area contributed by atoms with Crippen LogP contribution in [-0.4, -0.2) is 68.7 Å². The van der Waals surface area contributed by atoms with Crippen molar-refractivity contribution in [1.82, 2.24) is 24.6 Å². The predicted molar refractivity (Wildman–Crippen MR) is 132 cm³/mol. The molecule has 3 aliphatic rings. The maximum absolute atomic E-state index is 15.4. The molecule has 3 fully saturated rings. The summed E-state index contributed by atoms with van der Waals surface area (Å²) in [6.07, 6.45) is 3.79. The van der Waals surface area contributed by atoms with Gasteiger partial charge in [-0.1, -0.05) is 6.07 Å². The molecule has 1 aromatic carbocycles. The lowest BCUT2D eigenvalue weighted by molar-refractivity contribution is -0.112. The first-order valence-corrected chi connectivity index (χ1v) is 12.6. The third-order valence-corrected chi connectivity index (χ3v) is 7.39. The zero-order chi connectivity index (χ0) is 26.4. The maximum Gasteiger partial charge on any atom is 0.410 e. The lowest BCUT2D eigenvalue weighted by Gasteiger charge is -2.46. The highest BCUT2D eigenvalue weighted by Gasteiger charge is 2.47. The largest absolute Gasteiger partial charge is 0.471 e. The number of carbonyl (C=O) groups excluding carboxylic acids is 1. The summed E-state index contributed by atoms with van der Waals surface area (Å²) in [5, 5.41) is 6.80. The molecule has 10 nitrogen and oxygen atoms in total. The number of nitrogens with zero attached hydrogens (tertiary/aromatic N) is 5. The fourth-order valence-electron chi connectivity index (χ4n) is 5.01. The van der Waals surface area contributed by atoms with Crippen LogP contribution in [0.1, 0.15) is 19.8 Å². The quantitative estimate of drug-likeness (QED) is 0.516. The molecule has 1 amide bonds. The number of aromatic nitrogens is 4. The van der Waals surface area contributed by atoms with Crippen LogP contribution in [0.3, 0.4) is 0 Å². The van der Waals surface area contributed by atoms with Crippen LogP contribution in [0.5, 0.6) is 5.88 Å². The van der Waals surface area contributed by atoms with Gasteiger partial charge in [-0.3, -0.25) is 4.68 Å². The van der Waals surface area contributed by atoms with Gasteiger partial charge >= 0.3 is 6.09 Å². The molecular weight excluding hydrogens is 498 g/mol. The fraction of sp³-hybridized carbons (Fsp3) is 0.462. The molecule has 4 heterocycles. The average Bonchev–Trinajstić information content (AvgIpc) is 3.44. The minimum atomic E-state index is -0.829. The number of aryl methyl sites for hydroxylation is 1. The zero-order valence-corrected chi connectivity index (χ0v) is 21.1. The molecule has 1 saturated carbocycles. The van der Waals surface area contributed by atoms with Crippen molar-refractivity contribution in [2.75, 3.05) is 31.6 Å². The van der Waals surface area contributed by atoms with E-state index in [-0.39, 0.29) is 40.9 Å². The average molecular weight is 527 g/mol. The van der Waals surface area contributed by atoms with E-state index >= 15 is 4.39 Å². The molecule has 2 aromatic heterocycles. The standard InChI is InChI=1S/C26H28F2N6O4/c1-26(6-7-26)38-25(35)34-10-16-12-36-13-17(11-34)22(16)37-24-21(28)23(29-14-30-24)32-19-4-3-15(9-18(19)27)20-5-8-31-33(20)2/h3-5,8-9,14,16-17,22H,6-7,10-13H2,1-2H3,(H,29,30,32). The van der Waals surface area contributed by atoms with E-state index in [9.17, 15) is 9.18 Å². The van der Waals surface area contributed by atoms with Crippen molar-refractivity contribution in [2.45, 2.75) is 31.5 Å². The van der Waals surface area contributed by atoms with E-state index < -0.39 is 17.7 Å². The van der Waals surface area contributed by atoms with Crippen molar-refractivity contribution >= 4 is 17.6 Å². The van der Waals surface area contributed by atoms with E-state index in [0.717, 1.165) is 24.9 Å². The van der Waals surface area contributed by atoms with Gasteiger partial charge < -0.3 is 24.4 Å². The number of fused-ring (bicyclic) bond motifs is 2. The van der Waals surface area contributed by atoms with Crippen LogP contribution in [0, 0.1) is 23.5 Å². The zero-order valence-electron chi connectivity index (χ0n) is 21.1. The van der Waals surface area contributed by atoms with Crippen LogP contribution in [0.2, 0.25) is 0 Å². The highest BCUT2D eigenvalue weighted by Crippen LogP contribution is 2.40. The van der Waals surface area contributed by atoms with Crippen LogP contribution in [0.4, 0.5) is 25.1 Å². The minimum Gasteiger partial charge on any atom is -0.471 e. The molecule has 200 valence electrons. The Morgan fingerprint density at radius 2 is 1.92 bits per heavy atom. The van der Waals surface area contributed by atoms with Gasteiger partial charge in [0.1, 0.15) is 23.8 Å². The van der Waals surface area contributed by atoms with Gasteiger partial charge in [0.15, 0.2) is 5.82 Å². The van der Waals surface area contributed by atoms with Crippen LogP contribution >= 0.6 is 0 Å². The lowest BCUT2D eigenvalue weighted by atomic mass is 9.84. The lowest BCUT2D eigenvalue weighted by Crippen LogP contribution is -2.59. The summed E-state index contributed by atoms with van der Waals surface area (Å²) in [7, 11) is 1.77. The van der Waals surface area contributed by atoms with Crippen molar-refractivity contribution in [3.63, 3.8) is 0 Å². The van der Waals surface area contributed by atoms with Crippen molar-refractivity contribution in [2.24, 2.45) is 18.9 Å². The molecule has 6 rings (SSSR count). The second-order valence-corrected chi connectivity index (χ2v) is 10.4. The Hall–Kier alpha value is -3.80. The Morgan fingerprint density at radius 1 is 1.16 bits per heavy atom. The van der Waals surface area contributed by atoms with Crippen LogP contribution < -0.4 is 10.1 Å². The van der Waals surface area contributed by atoms with Crippen molar-refractivity contribution < 1.29 is 27.8 Å². The Kier molecular flexibility index (Phi) is 6.13. The van der Waals surface area contributed by atoms with Crippen molar-refractivity contribution in [1.29, 1.82) is 0 Å². The van der Waals surface area contributed by atoms with E-state index in [4.69, 9.17) is 14.2 Å². The molecule has 38 heavy (non-hydrogen) atoms. The Balaban J connectivity index is 1.16. The molecule has 2 unspecified atom stereocenters. The number of rotatable bonds is 6. The van der Waals surface area contributed by atoms with Gasteiger partial charge in [-0.25, -0.2) is 14.2 Å². The number of hydrogen-bond acceptors (Lipinski definition) is 8. The first-order valence-electron chi connectivity index (χ1n) is 12.6. The second-order valence-electron chi connectivity index (χ2n) is 10.4. The van der Waals surface area contributed by atoms with Gasteiger partial charge in [0.2, 0.25) is 5.82 Å². The maximum atomic E-state index is 15.4. The Morgan fingerprint density at radius 3 is 2.58 bits per heavy atom. The molecule has 12 heteroatoms. The SMILES string of the molecule is Cn1nccc1-c1ccc(Nc2ncnc(OC3C4COCC3CN(C(=O)OC3(C)CC3)C4)c2F)c(F)c1. The van der Waals surface area contributed by atoms with Crippen LogP contribution in [0.15, 0.2) is 36.8 Å².